The van der Waals surface area contributed by atoms with Gasteiger partial charge in [0.1, 0.15) is 0 Å². The van der Waals surface area contributed by atoms with Crippen LogP contribution in [0.5, 0.6) is 0 Å². The molecule has 1 heteroatoms. The van der Waals surface area contributed by atoms with E-state index < -0.39 is 0 Å². The molecule has 0 heterocycles. The largest absolute Gasteiger partial charge is 0.276 e. The van der Waals surface area contributed by atoms with Crippen molar-refractivity contribution in [2.45, 2.75) is 26.7 Å². The first kappa shape index (κ1) is 10.8. The highest BCUT2D eigenvalue weighted by Crippen LogP contribution is 2.07. The molecule has 1 aromatic rings. The monoisotopic (exact) mass is 188 g/mol. The van der Waals surface area contributed by atoms with Crippen molar-refractivity contribution in [2.24, 2.45) is 5.92 Å². The summed E-state index contributed by atoms with van der Waals surface area (Å²) in [5.74, 6) is 0.420. The molecule has 1 unspecified atom stereocenters. The molecular formula is C13H18N+. The van der Waals surface area contributed by atoms with E-state index in [-0.39, 0.29) is 0 Å². The third-order valence-corrected chi connectivity index (χ3v) is 2.03. The second-order valence-electron chi connectivity index (χ2n) is 3.60. The maximum absolute atomic E-state index is 4.24. The molecule has 74 valence electrons. The Balaban J connectivity index is 2.42. The van der Waals surface area contributed by atoms with Gasteiger partial charge in [0.2, 0.25) is 0 Å². The molecule has 0 amide bonds. The molecule has 0 aliphatic heterocycles. The van der Waals surface area contributed by atoms with Gasteiger partial charge in [0.15, 0.2) is 0 Å². The Morgan fingerprint density at radius 2 is 2.00 bits per heavy atom. The standard InChI is InChI=1S/C13H18N/c1-3-9-14-11-12(2)10-13-7-5-4-6-8-13/h4-8,12H,3,9-10H2,1-2H3/q+1. The van der Waals surface area contributed by atoms with Crippen molar-refractivity contribution in [1.82, 2.24) is 0 Å². The van der Waals surface area contributed by atoms with Crippen LogP contribution in [0.4, 0.5) is 0 Å². The molecule has 1 aromatic carbocycles. The maximum atomic E-state index is 4.24. The third kappa shape index (κ3) is 4.09. The van der Waals surface area contributed by atoms with Gasteiger partial charge in [-0.3, -0.25) is 0 Å². The molecule has 1 atom stereocenters. The molecular weight excluding hydrogens is 170 g/mol. The van der Waals surface area contributed by atoms with Gasteiger partial charge in [-0.15, -0.1) is 0 Å². The average molecular weight is 188 g/mol. The molecule has 0 aromatic heterocycles. The van der Waals surface area contributed by atoms with E-state index in [1.807, 2.05) is 6.07 Å². The molecule has 0 spiro atoms. The molecule has 1 nitrogen and oxygen atoms in total. The fourth-order valence-electron chi connectivity index (χ4n) is 1.35. The molecule has 14 heavy (non-hydrogen) atoms. The molecule has 0 fully saturated rings. The topological polar surface area (TPSA) is 4.36 Å². The summed E-state index contributed by atoms with van der Waals surface area (Å²) >= 11 is 0. The molecule has 0 saturated heterocycles. The van der Waals surface area contributed by atoms with Gasteiger partial charge in [0, 0.05) is 6.42 Å². The van der Waals surface area contributed by atoms with Crippen molar-refractivity contribution >= 4 is 0 Å². The van der Waals surface area contributed by atoms with Crippen LogP contribution in [0, 0.1) is 12.0 Å². The van der Waals surface area contributed by atoms with E-state index in [0.717, 1.165) is 19.4 Å². The fraction of sp³-hybridized carbons (Fsp3) is 0.462. The van der Waals surface area contributed by atoms with Crippen molar-refractivity contribution in [1.29, 1.82) is 0 Å². The summed E-state index contributed by atoms with van der Waals surface area (Å²) in [6.45, 7) is 5.19. The van der Waals surface area contributed by atoms with E-state index in [9.17, 15) is 0 Å². The Kier molecular flexibility index (Phi) is 4.78. The van der Waals surface area contributed by atoms with Crippen molar-refractivity contribution < 1.29 is 0 Å². The lowest BCUT2D eigenvalue weighted by atomic mass is 10.0. The first-order valence-electron chi connectivity index (χ1n) is 5.29. The predicted molar refractivity (Wildman–Crippen MR) is 61.7 cm³/mol. The smallest absolute Gasteiger partial charge is 0.0834 e. The summed E-state index contributed by atoms with van der Waals surface area (Å²) in [6.07, 6.45) is 2.14. The first-order valence-corrected chi connectivity index (χ1v) is 5.29. The minimum Gasteiger partial charge on any atom is -0.0834 e. The Bertz CT molecular complexity index is 305. The van der Waals surface area contributed by atoms with Gasteiger partial charge in [0.25, 0.3) is 12.6 Å². The van der Waals surface area contributed by atoms with Gasteiger partial charge in [-0.1, -0.05) is 42.1 Å². The van der Waals surface area contributed by atoms with Crippen molar-refractivity contribution in [2.75, 3.05) is 6.54 Å². The quantitative estimate of drug-likeness (QED) is 0.682. The summed E-state index contributed by atoms with van der Waals surface area (Å²) < 4.78 is 0. The van der Waals surface area contributed by atoms with Crippen LogP contribution in [0.1, 0.15) is 25.8 Å². The second kappa shape index (κ2) is 6.21. The summed E-state index contributed by atoms with van der Waals surface area (Å²) in [5.41, 5.74) is 1.36. The zero-order valence-corrected chi connectivity index (χ0v) is 9.03. The lowest BCUT2D eigenvalue weighted by Crippen LogP contribution is -1.95. The fourth-order valence-corrected chi connectivity index (χ4v) is 1.35. The summed E-state index contributed by atoms with van der Waals surface area (Å²) in [5, 5.41) is 0. The van der Waals surface area contributed by atoms with Crippen LogP contribution in [0.15, 0.2) is 30.3 Å². The van der Waals surface area contributed by atoms with Gasteiger partial charge < -0.3 is 0 Å². The lowest BCUT2D eigenvalue weighted by Gasteiger charge is -1.98. The Morgan fingerprint density at radius 1 is 1.29 bits per heavy atom. The minimum atomic E-state index is 0.420. The first-order chi connectivity index (χ1) is 6.83. The van der Waals surface area contributed by atoms with Crippen molar-refractivity contribution in [3.8, 4) is 6.07 Å². The van der Waals surface area contributed by atoms with E-state index >= 15 is 0 Å². The van der Waals surface area contributed by atoms with E-state index in [1.165, 1.54) is 5.56 Å². The molecule has 0 saturated carbocycles. The zero-order chi connectivity index (χ0) is 10.2. The van der Waals surface area contributed by atoms with Gasteiger partial charge in [0.05, 0.1) is 5.92 Å². The molecule has 0 bridgehead atoms. The van der Waals surface area contributed by atoms with Crippen LogP contribution in [0.25, 0.3) is 4.85 Å². The number of hydrogen-bond acceptors (Lipinski definition) is 0. The molecule has 0 aliphatic carbocycles. The highest BCUT2D eigenvalue weighted by Gasteiger charge is 2.04. The van der Waals surface area contributed by atoms with Gasteiger partial charge in [-0.05, 0) is 18.9 Å². The number of nitrogens with zero attached hydrogens (tertiary/aromatic N) is 1. The van der Waals surface area contributed by atoms with Crippen LogP contribution in [-0.2, 0) is 6.42 Å². The van der Waals surface area contributed by atoms with Gasteiger partial charge in [-0.25, -0.2) is 0 Å². The van der Waals surface area contributed by atoms with E-state index in [0.29, 0.717) is 5.92 Å². The molecule has 0 N–H and O–H groups in total. The Labute approximate surface area is 86.6 Å². The third-order valence-electron chi connectivity index (χ3n) is 2.03. The molecule has 0 radical (unpaired) electrons. The van der Waals surface area contributed by atoms with Crippen molar-refractivity contribution in [3.63, 3.8) is 0 Å². The second-order valence-corrected chi connectivity index (χ2v) is 3.60. The van der Waals surface area contributed by atoms with Crippen LogP contribution in [0.2, 0.25) is 0 Å². The predicted octanol–water partition coefficient (Wildman–Crippen LogP) is 3.61. The van der Waals surface area contributed by atoms with Crippen molar-refractivity contribution in [3.05, 3.63) is 40.7 Å². The van der Waals surface area contributed by atoms with Gasteiger partial charge in [-0.2, -0.15) is 0 Å². The average Bonchev–Trinajstić information content (AvgIpc) is 2.20. The van der Waals surface area contributed by atoms with E-state index in [1.54, 1.807) is 0 Å². The highest BCUT2D eigenvalue weighted by atomic mass is 14.6. The molecule has 0 aliphatic rings. The van der Waals surface area contributed by atoms with Gasteiger partial charge >= 0.3 is 0 Å². The van der Waals surface area contributed by atoms with E-state index in [4.69, 9.17) is 0 Å². The number of hydrogen-bond donors (Lipinski definition) is 0. The normalized spacial score (nSPS) is 11.6. The highest BCUT2D eigenvalue weighted by molar-refractivity contribution is 5.16. The van der Waals surface area contributed by atoms with E-state index in [2.05, 4.69) is 49.0 Å². The molecule has 1 rings (SSSR count). The minimum absolute atomic E-state index is 0.420. The van der Waals surface area contributed by atoms with Crippen LogP contribution in [-0.4, -0.2) is 6.54 Å². The summed E-state index contributed by atoms with van der Waals surface area (Å²) in [4.78, 5) is 4.24. The zero-order valence-electron chi connectivity index (χ0n) is 9.03. The Morgan fingerprint density at radius 3 is 2.64 bits per heavy atom. The number of benzene rings is 1. The summed E-state index contributed by atoms with van der Waals surface area (Å²) in [6, 6.07) is 13.7. The SMILES string of the molecule is CCC[N+]#CC(C)Cc1ccccc1. The lowest BCUT2D eigenvalue weighted by molar-refractivity contribution is 0.747. The van der Waals surface area contributed by atoms with Crippen LogP contribution >= 0.6 is 0 Å². The maximum Gasteiger partial charge on any atom is 0.276 e. The Hall–Kier alpha value is -1.29. The summed E-state index contributed by atoms with van der Waals surface area (Å²) in [7, 11) is 0. The van der Waals surface area contributed by atoms with Crippen LogP contribution < -0.4 is 0 Å². The number of rotatable bonds is 3. The van der Waals surface area contributed by atoms with Crippen LogP contribution in [0.3, 0.4) is 0 Å².